The molecule has 3 heteroatoms. The molecular weight excluding hydrogens is 188 g/mol. The summed E-state index contributed by atoms with van der Waals surface area (Å²) in [6, 6.07) is 0. The highest BCUT2D eigenvalue weighted by Gasteiger charge is 2.13. The Morgan fingerprint density at radius 1 is 1.40 bits per heavy atom. The Kier molecular flexibility index (Phi) is 4.06. The molecule has 0 spiro atoms. The molecule has 0 fully saturated rings. The summed E-state index contributed by atoms with van der Waals surface area (Å²) in [7, 11) is 0. The van der Waals surface area contributed by atoms with Gasteiger partial charge in [0.05, 0.1) is 6.20 Å². The third kappa shape index (κ3) is 3.18. The van der Waals surface area contributed by atoms with E-state index in [1.165, 1.54) is 0 Å². The summed E-state index contributed by atoms with van der Waals surface area (Å²) >= 11 is 0. The fourth-order valence-corrected chi connectivity index (χ4v) is 1.47. The molecule has 0 amide bonds. The number of hydrogen-bond donors (Lipinski definition) is 0. The van der Waals surface area contributed by atoms with Gasteiger partial charge in [0.15, 0.2) is 0 Å². The van der Waals surface area contributed by atoms with Crippen LogP contribution in [0.4, 0.5) is 0 Å². The molecule has 1 rings (SSSR count). The number of nitrogens with zero attached hydrogens (tertiary/aromatic N) is 2. The van der Waals surface area contributed by atoms with E-state index < -0.39 is 0 Å². The number of hydrogen-bond acceptors (Lipinski definition) is 2. The van der Waals surface area contributed by atoms with Crippen LogP contribution in [0, 0.1) is 11.1 Å². The van der Waals surface area contributed by atoms with Gasteiger partial charge in [-0.25, -0.2) is 4.98 Å². The van der Waals surface area contributed by atoms with E-state index >= 15 is 0 Å². The molecule has 0 saturated heterocycles. The van der Waals surface area contributed by atoms with E-state index in [0.29, 0.717) is 11.8 Å². The summed E-state index contributed by atoms with van der Waals surface area (Å²) in [5.74, 6) is 0.847. The Balaban J connectivity index is 2.88. The first-order valence-electron chi connectivity index (χ1n) is 5.62. The zero-order valence-corrected chi connectivity index (χ0v) is 10.0. The SMILES string of the molecule is CCC(C)c1c[n+]([O-])c(CC(C)C)cn1. The van der Waals surface area contributed by atoms with Crippen molar-refractivity contribution in [1.29, 1.82) is 0 Å². The lowest BCUT2D eigenvalue weighted by atomic mass is 10.1. The van der Waals surface area contributed by atoms with Crippen molar-refractivity contribution in [2.24, 2.45) is 5.92 Å². The second-order valence-corrected chi connectivity index (χ2v) is 4.54. The minimum atomic E-state index is 0.360. The second kappa shape index (κ2) is 5.10. The van der Waals surface area contributed by atoms with Crippen molar-refractivity contribution >= 4 is 0 Å². The van der Waals surface area contributed by atoms with Crippen molar-refractivity contribution < 1.29 is 4.73 Å². The van der Waals surface area contributed by atoms with Gasteiger partial charge in [-0.3, -0.25) is 0 Å². The fraction of sp³-hybridized carbons (Fsp3) is 0.667. The standard InChI is InChI=1S/C12H20N2O/c1-5-10(4)12-8-14(15)11(7-13-12)6-9(2)3/h7-10H,5-6H2,1-4H3. The van der Waals surface area contributed by atoms with Crippen LogP contribution in [0.25, 0.3) is 0 Å². The van der Waals surface area contributed by atoms with E-state index in [1.54, 1.807) is 12.4 Å². The molecule has 1 atom stereocenters. The van der Waals surface area contributed by atoms with Gasteiger partial charge in [0.25, 0.3) is 0 Å². The van der Waals surface area contributed by atoms with E-state index in [0.717, 1.165) is 29.0 Å². The number of aromatic nitrogens is 2. The van der Waals surface area contributed by atoms with Gasteiger partial charge in [0.1, 0.15) is 5.69 Å². The zero-order chi connectivity index (χ0) is 11.4. The highest BCUT2D eigenvalue weighted by molar-refractivity contribution is 5.02. The smallest absolute Gasteiger partial charge is 0.211 e. The quantitative estimate of drug-likeness (QED) is 0.563. The second-order valence-electron chi connectivity index (χ2n) is 4.54. The molecule has 1 aromatic rings. The van der Waals surface area contributed by atoms with Crippen LogP contribution >= 0.6 is 0 Å². The molecule has 3 nitrogen and oxygen atoms in total. The normalized spacial score (nSPS) is 13.1. The summed E-state index contributed by atoms with van der Waals surface area (Å²) in [6.07, 6.45) is 5.13. The maximum atomic E-state index is 11.7. The summed E-state index contributed by atoms with van der Waals surface area (Å²) in [4.78, 5) is 4.34. The lowest BCUT2D eigenvalue weighted by Gasteiger charge is -2.10. The van der Waals surface area contributed by atoms with E-state index in [1.807, 2.05) is 0 Å². The minimum Gasteiger partial charge on any atom is -0.618 e. The molecular formula is C12H20N2O. The van der Waals surface area contributed by atoms with Crippen LogP contribution in [0.15, 0.2) is 12.4 Å². The van der Waals surface area contributed by atoms with Crippen LogP contribution < -0.4 is 4.73 Å². The molecule has 0 aromatic carbocycles. The van der Waals surface area contributed by atoms with E-state index in [2.05, 4.69) is 32.7 Å². The fourth-order valence-electron chi connectivity index (χ4n) is 1.47. The van der Waals surface area contributed by atoms with Crippen LogP contribution in [0.3, 0.4) is 0 Å². The van der Waals surface area contributed by atoms with Crippen molar-refractivity contribution in [3.05, 3.63) is 29.0 Å². The van der Waals surface area contributed by atoms with E-state index in [-0.39, 0.29) is 0 Å². The highest BCUT2D eigenvalue weighted by Crippen LogP contribution is 2.14. The molecule has 0 bridgehead atoms. The lowest BCUT2D eigenvalue weighted by molar-refractivity contribution is -0.615. The van der Waals surface area contributed by atoms with Gasteiger partial charge in [-0.15, -0.1) is 0 Å². The first-order valence-corrected chi connectivity index (χ1v) is 5.62. The average Bonchev–Trinajstić information content (AvgIpc) is 2.19. The van der Waals surface area contributed by atoms with Gasteiger partial charge in [0.2, 0.25) is 11.9 Å². The maximum Gasteiger partial charge on any atom is 0.211 e. The summed E-state index contributed by atoms with van der Waals surface area (Å²) in [5, 5.41) is 11.7. The van der Waals surface area contributed by atoms with Gasteiger partial charge in [-0.2, -0.15) is 4.73 Å². The Morgan fingerprint density at radius 2 is 2.07 bits per heavy atom. The third-order valence-electron chi connectivity index (χ3n) is 2.63. The predicted octanol–water partition coefficient (Wildman–Crippen LogP) is 2.43. The topological polar surface area (TPSA) is 39.8 Å². The van der Waals surface area contributed by atoms with Crippen molar-refractivity contribution in [2.45, 2.75) is 46.5 Å². The maximum absolute atomic E-state index is 11.7. The van der Waals surface area contributed by atoms with Crippen molar-refractivity contribution in [3.63, 3.8) is 0 Å². The molecule has 0 N–H and O–H groups in total. The number of rotatable bonds is 4. The van der Waals surface area contributed by atoms with Crippen LogP contribution in [0.1, 0.15) is 51.4 Å². The summed E-state index contributed by atoms with van der Waals surface area (Å²) in [6.45, 7) is 8.39. The molecule has 1 heterocycles. The summed E-state index contributed by atoms with van der Waals surface area (Å²) in [5.41, 5.74) is 1.65. The highest BCUT2D eigenvalue weighted by atomic mass is 16.5. The molecule has 1 unspecified atom stereocenters. The van der Waals surface area contributed by atoms with Gasteiger partial charge in [0, 0.05) is 12.3 Å². The van der Waals surface area contributed by atoms with Crippen LogP contribution in [-0.4, -0.2) is 4.98 Å². The average molecular weight is 208 g/mol. The van der Waals surface area contributed by atoms with E-state index in [4.69, 9.17) is 0 Å². The molecule has 1 aromatic heterocycles. The Labute approximate surface area is 91.7 Å². The largest absolute Gasteiger partial charge is 0.618 e. The van der Waals surface area contributed by atoms with Crippen molar-refractivity contribution in [3.8, 4) is 0 Å². The molecule has 84 valence electrons. The van der Waals surface area contributed by atoms with Gasteiger partial charge in [-0.05, 0) is 12.3 Å². The Hall–Kier alpha value is -1.12. The van der Waals surface area contributed by atoms with Crippen LogP contribution in [-0.2, 0) is 6.42 Å². The Morgan fingerprint density at radius 3 is 2.53 bits per heavy atom. The minimum absolute atomic E-state index is 0.360. The molecule has 0 saturated carbocycles. The van der Waals surface area contributed by atoms with Crippen molar-refractivity contribution in [1.82, 2.24) is 4.98 Å². The van der Waals surface area contributed by atoms with Crippen LogP contribution in [0.5, 0.6) is 0 Å². The first-order chi connectivity index (χ1) is 7.04. The third-order valence-corrected chi connectivity index (χ3v) is 2.63. The molecule has 0 aliphatic heterocycles. The van der Waals surface area contributed by atoms with Gasteiger partial charge >= 0.3 is 0 Å². The molecule has 0 radical (unpaired) electrons. The predicted molar refractivity (Wildman–Crippen MR) is 60.4 cm³/mol. The molecule has 15 heavy (non-hydrogen) atoms. The van der Waals surface area contributed by atoms with Gasteiger partial charge < -0.3 is 5.21 Å². The zero-order valence-electron chi connectivity index (χ0n) is 10.0. The molecule has 0 aliphatic carbocycles. The monoisotopic (exact) mass is 208 g/mol. The van der Waals surface area contributed by atoms with Crippen LogP contribution in [0.2, 0.25) is 0 Å². The van der Waals surface area contributed by atoms with Gasteiger partial charge in [-0.1, -0.05) is 27.7 Å². The first kappa shape index (κ1) is 12.0. The molecule has 0 aliphatic rings. The van der Waals surface area contributed by atoms with Crippen molar-refractivity contribution in [2.75, 3.05) is 0 Å². The lowest BCUT2D eigenvalue weighted by Crippen LogP contribution is -2.33. The Bertz CT molecular complexity index is 323. The van der Waals surface area contributed by atoms with E-state index in [9.17, 15) is 5.21 Å². The summed E-state index contributed by atoms with van der Waals surface area (Å²) < 4.78 is 0.967.